The lowest BCUT2D eigenvalue weighted by molar-refractivity contribution is -0.435. The maximum atomic E-state index is 13.3. The summed E-state index contributed by atoms with van der Waals surface area (Å²) < 4.78 is 38.1. The molecule has 0 saturated carbocycles. The summed E-state index contributed by atoms with van der Waals surface area (Å²) in [5, 5.41) is 64.7. The molecule has 2 fully saturated rings. The van der Waals surface area contributed by atoms with Crippen molar-refractivity contribution in [3.8, 4) is 0 Å². The molecule has 0 aromatic rings. The third-order valence-corrected chi connectivity index (χ3v) is 10.1. The zero-order valence-corrected chi connectivity index (χ0v) is 33.1. The van der Waals surface area contributed by atoms with Gasteiger partial charge in [-0.15, -0.1) is 4.33 Å². The van der Waals surface area contributed by atoms with E-state index in [2.05, 4.69) is 16.3 Å². The molecule has 11 atom stereocenters. The fourth-order valence-corrected chi connectivity index (χ4v) is 7.02. The van der Waals surface area contributed by atoms with Gasteiger partial charge in [-0.3, -0.25) is 8.98 Å². The van der Waals surface area contributed by atoms with Crippen LogP contribution in [-0.2, 0) is 46.8 Å². The maximum absolute atomic E-state index is 13.3. The van der Waals surface area contributed by atoms with Crippen LogP contribution in [0.2, 0.25) is 0 Å². The number of aliphatic hydroxyl groups is 5. The van der Waals surface area contributed by atoms with E-state index in [1.165, 1.54) is 51.4 Å². The summed E-state index contributed by atoms with van der Waals surface area (Å²) in [5.41, 5.74) is 0.252. The van der Waals surface area contributed by atoms with Crippen molar-refractivity contribution in [2.45, 2.75) is 192 Å². The van der Waals surface area contributed by atoms with Gasteiger partial charge in [0.25, 0.3) is 0 Å². The van der Waals surface area contributed by atoms with Crippen molar-refractivity contribution >= 4 is 24.3 Å². The van der Waals surface area contributed by atoms with E-state index in [0.29, 0.717) is 6.42 Å². The summed E-state index contributed by atoms with van der Waals surface area (Å²) in [6.07, 6.45) is 2.01. The maximum Gasteiger partial charge on any atom is 0.333 e. The highest BCUT2D eigenvalue weighted by atomic mass is 32.2. The molecule has 0 radical (unpaired) electrons. The molecule has 2 heterocycles. The van der Waals surface area contributed by atoms with E-state index in [9.17, 15) is 35.1 Å². The Hall–Kier alpha value is -1.45. The lowest BCUT2D eigenvalue weighted by atomic mass is 9.97. The van der Waals surface area contributed by atoms with E-state index in [-0.39, 0.29) is 30.2 Å². The summed E-state index contributed by atoms with van der Waals surface area (Å²) in [4.78, 5) is 26.6. The molecule has 0 spiro atoms. The first-order valence-electron chi connectivity index (χ1n) is 19.6. The first-order valence-corrected chi connectivity index (χ1v) is 20.3. The lowest BCUT2D eigenvalue weighted by Gasteiger charge is -2.46. The van der Waals surface area contributed by atoms with Gasteiger partial charge in [0.1, 0.15) is 36.6 Å². The van der Waals surface area contributed by atoms with Crippen LogP contribution < -0.4 is 0 Å². The van der Waals surface area contributed by atoms with Gasteiger partial charge in [0.05, 0.1) is 13.2 Å². The van der Waals surface area contributed by atoms with Gasteiger partial charge in [-0.1, -0.05) is 115 Å². The Balaban J connectivity index is 2.16. The molecule has 0 aromatic heterocycles. The summed E-state index contributed by atoms with van der Waals surface area (Å²) >= 11 is 0.0628. The van der Waals surface area contributed by atoms with Crippen LogP contribution in [-0.4, -0.2) is 117 Å². The molecule has 6 N–H and O–H groups in total. The fraction of sp³-hybridized carbons (Fsp3) is 0.892. The average molecular weight is 799 g/mol. The van der Waals surface area contributed by atoms with Crippen LogP contribution >= 0.6 is 12.3 Å². The molecule has 16 nitrogen and oxygen atoms in total. The minimum atomic E-state index is -1.81. The molecule has 17 heteroatoms. The van der Waals surface area contributed by atoms with Gasteiger partial charge in [-0.05, 0) is 25.7 Å². The number of hydrogen-bond acceptors (Lipinski definition) is 17. The van der Waals surface area contributed by atoms with Gasteiger partial charge in [-0.25, -0.2) is 10.1 Å². The zero-order valence-electron chi connectivity index (χ0n) is 32.3. The second-order valence-corrected chi connectivity index (χ2v) is 14.7. The van der Waals surface area contributed by atoms with Crippen molar-refractivity contribution in [2.24, 2.45) is 5.92 Å². The normalized spacial score (nSPS) is 29.6. The largest absolute Gasteiger partial charge is 0.453 e. The standard InChI is InChI=1S/C37H66O16S/c1-5-7-8-9-10-11-12-13-14-15-16-17-18-20-28(40)48-34-33(49-35(44)25(4)21-24(3)19-6-2)30(42)27(23-39)47-37(34)50-36-31(43)32(51-54-53-52-45)29(41)26(22-38)46-36/h21,24,26-27,29-34,36-39,41-43,45H,5-20,22-23H2,1-4H3/t24-,26?,27?,29?,30?,31?,32?,33?,34?,36?,37?/m0/s1. The molecular weight excluding hydrogens is 732 g/mol. The van der Waals surface area contributed by atoms with Crippen molar-refractivity contribution in [3.05, 3.63) is 11.6 Å². The van der Waals surface area contributed by atoms with Gasteiger partial charge in [0.2, 0.25) is 6.29 Å². The smallest absolute Gasteiger partial charge is 0.333 e. The Morgan fingerprint density at radius 2 is 1.26 bits per heavy atom. The van der Waals surface area contributed by atoms with E-state index >= 15 is 0 Å². The second-order valence-electron chi connectivity index (χ2n) is 14.3. The van der Waals surface area contributed by atoms with E-state index in [1.807, 2.05) is 13.8 Å². The molecule has 2 aliphatic heterocycles. The van der Waals surface area contributed by atoms with Gasteiger partial charge < -0.3 is 49.2 Å². The first-order chi connectivity index (χ1) is 26.0. The highest BCUT2D eigenvalue weighted by molar-refractivity contribution is 7.89. The Labute approximate surface area is 324 Å². The van der Waals surface area contributed by atoms with Crippen molar-refractivity contribution in [1.29, 1.82) is 0 Å². The second kappa shape index (κ2) is 28.0. The van der Waals surface area contributed by atoms with Crippen LogP contribution in [0.25, 0.3) is 0 Å². The quantitative estimate of drug-likeness (QED) is 0.0159. The highest BCUT2D eigenvalue weighted by Crippen LogP contribution is 2.33. The number of allylic oxidation sites excluding steroid dienone is 1. The number of ether oxygens (including phenoxy) is 5. The minimum Gasteiger partial charge on any atom is -0.453 e. The lowest BCUT2D eigenvalue weighted by Crippen LogP contribution is -2.65. The number of rotatable bonds is 28. The number of esters is 2. The highest BCUT2D eigenvalue weighted by Gasteiger charge is 2.54. The molecule has 2 aliphatic rings. The monoisotopic (exact) mass is 798 g/mol. The summed E-state index contributed by atoms with van der Waals surface area (Å²) in [7, 11) is 0. The van der Waals surface area contributed by atoms with Gasteiger partial charge in [-0.2, -0.15) is 0 Å². The Morgan fingerprint density at radius 1 is 0.722 bits per heavy atom. The van der Waals surface area contributed by atoms with E-state index < -0.39 is 86.6 Å². The van der Waals surface area contributed by atoms with E-state index in [4.69, 9.17) is 33.1 Å². The molecule has 0 amide bonds. The molecular formula is C37H66O16S. The van der Waals surface area contributed by atoms with E-state index in [0.717, 1.165) is 38.5 Å². The van der Waals surface area contributed by atoms with Crippen LogP contribution in [0.1, 0.15) is 130 Å². The van der Waals surface area contributed by atoms with Crippen LogP contribution in [0.4, 0.5) is 0 Å². The fourth-order valence-electron chi connectivity index (χ4n) is 6.64. The molecule has 2 rings (SSSR count). The Bertz CT molecular complexity index is 1050. The average Bonchev–Trinajstić information content (AvgIpc) is 3.15. The summed E-state index contributed by atoms with van der Waals surface area (Å²) in [6, 6.07) is 0. The van der Waals surface area contributed by atoms with Gasteiger partial charge in [0.15, 0.2) is 30.8 Å². The molecule has 0 aromatic carbocycles. The topological polar surface area (TPSA) is 229 Å². The molecule has 54 heavy (non-hydrogen) atoms. The molecule has 2 saturated heterocycles. The van der Waals surface area contributed by atoms with Crippen LogP contribution in [0.3, 0.4) is 0 Å². The predicted molar refractivity (Wildman–Crippen MR) is 196 cm³/mol. The predicted octanol–water partition coefficient (Wildman–Crippen LogP) is 4.58. The third-order valence-electron chi connectivity index (χ3n) is 9.69. The van der Waals surface area contributed by atoms with Crippen molar-refractivity contribution < 1.29 is 77.6 Å². The van der Waals surface area contributed by atoms with Crippen LogP contribution in [0, 0.1) is 5.92 Å². The van der Waals surface area contributed by atoms with Crippen molar-refractivity contribution in [3.63, 3.8) is 0 Å². The first kappa shape index (κ1) is 48.7. The number of aliphatic hydroxyl groups excluding tert-OH is 5. The molecule has 316 valence electrons. The Kier molecular flexibility index (Phi) is 25.3. The zero-order chi connectivity index (χ0) is 39.9. The third kappa shape index (κ3) is 17.0. The molecule has 10 unspecified atom stereocenters. The summed E-state index contributed by atoms with van der Waals surface area (Å²) in [6.45, 7) is 6.23. The Morgan fingerprint density at radius 3 is 1.80 bits per heavy atom. The number of carbonyl (C=O) groups excluding carboxylic acids is 2. The number of unbranched alkanes of at least 4 members (excludes halogenated alkanes) is 12. The van der Waals surface area contributed by atoms with E-state index in [1.54, 1.807) is 13.0 Å². The van der Waals surface area contributed by atoms with Gasteiger partial charge in [0, 0.05) is 12.0 Å². The number of hydrogen-bond donors (Lipinski definition) is 6. The van der Waals surface area contributed by atoms with Gasteiger partial charge >= 0.3 is 11.9 Å². The van der Waals surface area contributed by atoms with Crippen LogP contribution in [0.5, 0.6) is 0 Å². The minimum absolute atomic E-state index is 0.00995. The van der Waals surface area contributed by atoms with Crippen molar-refractivity contribution in [2.75, 3.05) is 13.2 Å². The SMILES string of the molecule is CCCCCCCCCCCCCCCC(=O)OC1C(OC2OC(CO)C(O)C(OSOOO)C2O)OC(CO)C(O)C1OC(=O)C(C)=C[C@@H](C)CCC. The molecule has 0 aliphatic carbocycles. The number of carbonyl (C=O) groups is 2. The summed E-state index contributed by atoms with van der Waals surface area (Å²) in [5.74, 6) is -1.43. The van der Waals surface area contributed by atoms with Crippen molar-refractivity contribution in [1.82, 2.24) is 0 Å². The van der Waals surface area contributed by atoms with Crippen LogP contribution in [0.15, 0.2) is 11.6 Å². The molecule has 0 bridgehead atoms.